The summed E-state index contributed by atoms with van der Waals surface area (Å²) in [7, 11) is 1.12. The van der Waals surface area contributed by atoms with E-state index in [1.54, 1.807) is 45.9 Å². The summed E-state index contributed by atoms with van der Waals surface area (Å²) >= 11 is 12.0. The molecule has 0 fully saturated rings. The van der Waals surface area contributed by atoms with Crippen LogP contribution >= 0.6 is 23.2 Å². The lowest BCUT2D eigenvalue weighted by molar-refractivity contribution is -0.158. The molecular weight excluding hydrogens is 395 g/mol. The number of rotatable bonds is 5. The molecule has 0 heterocycles. The Labute approximate surface area is 168 Å². The number of alkyl carbamates (subject to hydrolysis) is 1. The van der Waals surface area contributed by atoms with Crippen molar-refractivity contribution in [3.05, 3.63) is 33.8 Å². The smallest absolute Gasteiger partial charge is 0.407 e. The van der Waals surface area contributed by atoms with Crippen LogP contribution in [0.15, 0.2) is 18.2 Å². The van der Waals surface area contributed by atoms with Crippen molar-refractivity contribution in [2.24, 2.45) is 0 Å². The van der Waals surface area contributed by atoms with Gasteiger partial charge in [0.05, 0.1) is 7.11 Å². The van der Waals surface area contributed by atoms with Crippen LogP contribution in [0, 0.1) is 0 Å². The highest BCUT2D eigenvalue weighted by atomic mass is 35.5. The molecule has 0 unspecified atom stereocenters. The van der Waals surface area contributed by atoms with Crippen molar-refractivity contribution >= 4 is 41.2 Å². The van der Waals surface area contributed by atoms with E-state index in [4.69, 9.17) is 27.9 Å². The highest BCUT2D eigenvalue weighted by molar-refractivity contribution is 6.35. The van der Waals surface area contributed by atoms with Crippen molar-refractivity contribution in [2.75, 3.05) is 13.7 Å². The lowest BCUT2D eigenvalue weighted by Gasteiger charge is -2.27. The van der Waals surface area contributed by atoms with Crippen molar-refractivity contribution < 1.29 is 23.9 Å². The van der Waals surface area contributed by atoms with Crippen LogP contribution in [0.5, 0.6) is 0 Å². The zero-order chi connectivity index (χ0) is 20.8. The Hall–Kier alpha value is -1.99. The maximum Gasteiger partial charge on any atom is 0.407 e. The van der Waals surface area contributed by atoms with Crippen molar-refractivity contribution in [3.63, 3.8) is 0 Å². The summed E-state index contributed by atoms with van der Waals surface area (Å²) in [6.45, 7) is 7.01. The Kier molecular flexibility index (Phi) is 8.37. The summed E-state index contributed by atoms with van der Waals surface area (Å²) in [5, 5.41) is 3.44. The molecule has 9 heteroatoms. The number of ether oxygens (including phenoxy) is 2. The average Bonchev–Trinajstić information content (AvgIpc) is 2.53. The van der Waals surface area contributed by atoms with Gasteiger partial charge in [0.1, 0.15) is 5.60 Å². The Morgan fingerprint density at radius 3 is 2.37 bits per heavy atom. The second-order valence-corrected chi connectivity index (χ2v) is 7.80. The van der Waals surface area contributed by atoms with E-state index in [0.717, 1.165) is 7.11 Å². The fourth-order valence-electron chi connectivity index (χ4n) is 2.18. The Bertz CT molecular complexity index is 703. The molecule has 1 aromatic carbocycles. The van der Waals surface area contributed by atoms with Gasteiger partial charge in [-0.15, -0.1) is 0 Å². The Morgan fingerprint density at radius 2 is 1.85 bits per heavy atom. The normalized spacial score (nSPS) is 12.1. The first-order valence-corrected chi connectivity index (χ1v) is 8.99. The van der Waals surface area contributed by atoms with Crippen molar-refractivity contribution in [1.29, 1.82) is 0 Å². The molecule has 0 bridgehead atoms. The zero-order valence-electron chi connectivity index (χ0n) is 16.0. The van der Waals surface area contributed by atoms with Crippen LogP contribution in [-0.4, -0.2) is 48.2 Å². The van der Waals surface area contributed by atoms with Crippen LogP contribution in [0.2, 0.25) is 10.0 Å². The van der Waals surface area contributed by atoms with Crippen LogP contribution in [0.25, 0.3) is 0 Å². The van der Waals surface area contributed by atoms with Crippen LogP contribution in [0.4, 0.5) is 4.79 Å². The first-order chi connectivity index (χ1) is 12.4. The third kappa shape index (κ3) is 8.05. The van der Waals surface area contributed by atoms with Crippen LogP contribution in [-0.2, 0) is 25.6 Å². The highest BCUT2D eigenvalue weighted by Crippen LogP contribution is 2.22. The van der Waals surface area contributed by atoms with Crippen LogP contribution in [0.3, 0.4) is 0 Å². The fourth-order valence-corrected chi connectivity index (χ4v) is 2.64. The molecule has 7 nitrogen and oxygen atoms in total. The van der Waals surface area contributed by atoms with Gasteiger partial charge in [-0.2, -0.15) is 0 Å². The monoisotopic (exact) mass is 418 g/mol. The SMILES string of the molecule is COC(=O)C(=O)N(Cc1ccc(Cl)cc1Cl)C[C@H](C)NC(=O)OC(C)(C)C. The van der Waals surface area contributed by atoms with E-state index in [1.165, 1.54) is 4.90 Å². The predicted molar refractivity (Wildman–Crippen MR) is 103 cm³/mol. The minimum atomic E-state index is -1.01. The number of halogens is 2. The van der Waals surface area contributed by atoms with Gasteiger partial charge in [-0.25, -0.2) is 9.59 Å². The molecule has 1 rings (SSSR count). The molecular formula is C18H24Cl2N2O5. The first-order valence-electron chi connectivity index (χ1n) is 8.23. The van der Waals surface area contributed by atoms with Gasteiger partial charge in [0, 0.05) is 29.2 Å². The van der Waals surface area contributed by atoms with Crippen molar-refractivity contribution in [2.45, 2.75) is 45.9 Å². The molecule has 0 saturated carbocycles. The number of nitrogens with zero attached hydrogens (tertiary/aromatic N) is 1. The largest absolute Gasteiger partial charge is 0.462 e. The number of hydrogen-bond acceptors (Lipinski definition) is 5. The Morgan fingerprint density at radius 1 is 1.22 bits per heavy atom. The van der Waals surface area contributed by atoms with Crippen molar-refractivity contribution in [3.8, 4) is 0 Å². The zero-order valence-corrected chi connectivity index (χ0v) is 17.5. The quantitative estimate of drug-likeness (QED) is 0.584. The van der Waals surface area contributed by atoms with E-state index < -0.39 is 29.6 Å². The molecule has 0 aromatic heterocycles. The van der Waals surface area contributed by atoms with Gasteiger partial charge >= 0.3 is 18.0 Å². The molecule has 0 spiro atoms. The Balaban J connectivity index is 2.90. The summed E-state index contributed by atoms with van der Waals surface area (Å²) < 4.78 is 9.70. The van der Waals surface area contributed by atoms with E-state index in [2.05, 4.69) is 10.1 Å². The molecule has 0 saturated heterocycles. The van der Waals surface area contributed by atoms with E-state index in [-0.39, 0.29) is 13.1 Å². The van der Waals surface area contributed by atoms with Gasteiger partial charge in [-0.05, 0) is 45.4 Å². The first kappa shape index (κ1) is 23.0. The third-order valence-corrected chi connectivity index (χ3v) is 3.87. The lowest BCUT2D eigenvalue weighted by atomic mass is 10.2. The molecule has 1 N–H and O–H groups in total. The topological polar surface area (TPSA) is 84.9 Å². The molecule has 27 heavy (non-hydrogen) atoms. The molecule has 0 aliphatic rings. The summed E-state index contributed by atoms with van der Waals surface area (Å²) in [6, 6.07) is 4.35. The molecule has 0 aliphatic heterocycles. The predicted octanol–water partition coefficient (Wildman–Crippen LogP) is 3.41. The number of benzene rings is 1. The fraction of sp³-hybridized carbons (Fsp3) is 0.500. The molecule has 0 aliphatic carbocycles. The minimum Gasteiger partial charge on any atom is -0.462 e. The number of hydrogen-bond donors (Lipinski definition) is 1. The van der Waals surface area contributed by atoms with Crippen molar-refractivity contribution in [1.82, 2.24) is 10.2 Å². The summed E-state index contributed by atoms with van der Waals surface area (Å²) in [5.41, 5.74) is -0.0508. The maximum absolute atomic E-state index is 12.3. The van der Waals surface area contributed by atoms with Gasteiger partial charge in [-0.1, -0.05) is 29.3 Å². The van der Waals surface area contributed by atoms with Crippen LogP contribution in [0.1, 0.15) is 33.3 Å². The number of nitrogens with one attached hydrogen (secondary N) is 1. The highest BCUT2D eigenvalue weighted by Gasteiger charge is 2.26. The number of carbonyl (C=O) groups excluding carboxylic acids is 3. The molecule has 2 amide bonds. The second-order valence-electron chi connectivity index (χ2n) is 6.96. The van der Waals surface area contributed by atoms with Gasteiger partial charge < -0.3 is 19.7 Å². The second kappa shape index (κ2) is 9.80. The van der Waals surface area contributed by atoms with E-state index in [0.29, 0.717) is 15.6 Å². The van der Waals surface area contributed by atoms with Gasteiger partial charge in [-0.3, -0.25) is 4.79 Å². The number of esters is 1. The molecule has 150 valence electrons. The molecule has 1 aromatic rings. The summed E-state index contributed by atoms with van der Waals surface area (Å²) in [5.74, 6) is -1.86. The average molecular weight is 419 g/mol. The maximum atomic E-state index is 12.3. The van der Waals surface area contributed by atoms with E-state index in [9.17, 15) is 14.4 Å². The van der Waals surface area contributed by atoms with E-state index >= 15 is 0 Å². The number of amides is 2. The lowest BCUT2D eigenvalue weighted by Crippen LogP contribution is -2.47. The minimum absolute atomic E-state index is 0.0459. The van der Waals surface area contributed by atoms with Gasteiger partial charge in [0.2, 0.25) is 0 Å². The molecule has 1 atom stereocenters. The summed E-state index contributed by atoms with van der Waals surface area (Å²) in [6.07, 6.45) is -0.620. The van der Waals surface area contributed by atoms with Gasteiger partial charge in [0.15, 0.2) is 0 Å². The number of carbonyl (C=O) groups is 3. The van der Waals surface area contributed by atoms with Gasteiger partial charge in [0.25, 0.3) is 0 Å². The number of methoxy groups -OCH3 is 1. The van der Waals surface area contributed by atoms with E-state index in [1.807, 2.05) is 0 Å². The molecule has 0 radical (unpaired) electrons. The standard InChI is InChI=1S/C18H24Cl2N2O5/c1-11(21-17(25)27-18(2,3)4)9-22(15(23)16(24)26-5)10-12-6-7-13(19)8-14(12)20/h6-8,11H,9-10H2,1-5H3,(H,21,25)/t11-/m0/s1. The summed E-state index contributed by atoms with van der Waals surface area (Å²) in [4.78, 5) is 37.2. The third-order valence-electron chi connectivity index (χ3n) is 3.28. The van der Waals surface area contributed by atoms with Crippen LogP contribution < -0.4 is 5.32 Å².